The molecule has 1 aromatic carbocycles. The van der Waals surface area contributed by atoms with Crippen molar-refractivity contribution < 1.29 is 19.4 Å². The molecule has 1 rings (SSSR count). The maximum absolute atomic E-state index is 11.5. The van der Waals surface area contributed by atoms with E-state index in [-0.39, 0.29) is 12.2 Å². The molecule has 0 aliphatic carbocycles. The van der Waals surface area contributed by atoms with E-state index in [1.807, 2.05) is 12.1 Å². The summed E-state index contributed by atoms with van der Waals surface area (Å²) in [5.74, 6) is -1.99. The van der Waals surface area contributed by atoms with Crippen LogP contribution in [0.3, 0.4) is 0 Å². The summed E-state index contributed by atoms with van der Waals surface area (Å²) in [4.78, 5) is 22.3. The summed E-state index contributed by atoms with van der Waals surface area (Å²) < 4.78 is 4.26. The zero-order valence-electron chi connectivity index (χ0n) is 9.85. The maximum Gasteiger partial charge on any atom is 0.373 e. The van der Waals surface area contributed by atoms with Crippen molar-refractivity contribution in [3.8, 4) is 0 Å². The highest BCUT2D eigenvalue weighted by Crippen LogP contribution is 2.16. The van der Waals surface area contributed by atoms with Crippen LogP contribution >= 0.6 is 11.6 Å². The number of aliphatic hydroxyl groups is 1. The predicted octanol–water partition coefficient (Wildman–Crippen LogP) is 2.46. The molecule has 0 amide bonds. The van der Waals surface area contributed by atoms with E-state index in [4.69, 9.17) is 11.6 Å². The normalized spacial score (nSPS) is 11.1. The van der Waals surface area contributed by atoms with Gasteiger partial charge in [-0.05, 0) is 18.1 Å². The van der Waals surface area contributed by atoms with E-state index in [2.05, 4.69) is 4.74 Å². The van der Waals surface area contributed by atoms with Crippen molar-refractivity contribution >= 4 is 23.4 Å². The molecular weight excluding hydrogens is 256 g/mol. The average molecular weight is 269 g/mol. The van der Waals surface area contributed by atoms with Crippen molar-refractivity contribution in [1.82, 2.24) is 0 Å². The molecule has 0 aliphatic heterocycles. The van der Waals surface area contributed by atoms with Crippen molar-refractivity contribution in [2.75, 3.05) is 7.11 Å². The minimum absolute atomic E-state index is 0.158. The van der Waals surface area contributed by atoms with Crippen LogP contribution in [-0.4, -0.2) is 24.0 Å². The third-order valence-electron chi connectivity index (χ3n) is 2.29. The van der Waals surface area contributed by atoms with Crippen LogP contribution in [0.4, 0.5) is 0 Å². The van der Waals surface area contributed by atoms with Gasteiger partial charge in [-0.1, -0.05) is 29.8 Å². The molecule has 1 aromatic rings. The number of methoxy groups -OCH3 is 1. The van der Waals surface area contributed by atoms with Crippen LogP contribution in [0, 0.1) is 0 Å². The SMILES string of the molecule is COC(=O)/C(O)=C/C(=O)CCc1ccccc1Cl. The van der Waals surface area contributed by atoms with Gasteiger partial charge in [0.05, 0.1) is 7.11 Å². The monoisotopic (exact) mass is 268 g/mol. The number of ether oxygens (including phenoxy) is 1. The van der Waals surface area contributed by atoms with E-state index in [9.17, 15) is 14.7 Å². The number of hydrogen-bond acceptors (Lipinski definition) is 4. The van der Waals surface area contributed by atoms with Crippen molar-refractivity contribution in [2.24, 2.45) is 0 Å². The lowest BCUT2D eigenvalue weighted by atomic mass is 10.1. The van der Waals surface area contributed by atoms with Gasteiger partial charge in [0.15, 0.2) is 5.78 Å². The molecule has 0 saturated heterocycles. The Morgan fingerprint density at radius 3 is 2.67 bits per heavy atom. The molecule has 0 saturated carbocycles. The second kappa shape index (κ2) is 6.81. The Bertz CT molecular complexity index is 480. The molecule has 0 aliphatic rings. The quantitative estimate of drug-likeness (QED) is 0.506. The number of carbonyl (C=O) groups is 2. The van der Waals surface area contributed by atoms with Gasteiger partial charge in [0.25, 0.3) is 0 Å². The van der Waals surface area contributed by atoms with E-state index in [1.165, 1.54) is 0 Å². The number of esters is 1. The predicted molar refractivity (Wildman–Crippen MR) is 67.5 cm³/mol. The van der Waals surface area contributed by atoms with Gasteiger partial charge >= 0.3 is 5.97 Å². The number of hydrogen-bond donors (Lipinski definition) is 1. The fourth-order valence-electron chi connectivity index (χ4n) is 1.35. The Kier molecular flexibility index (Phi) is 5.39. The fraction of sp³-hybridized carbons (Fsp3) is 0.231. The van der Waals surface area contributed by atoms with Gasteiger partial charge in [-0.2, -0.15) is 0 Å². The van der Waals surface area contributed by atoms with Gasteiger partial charge in [0.1, 0.15) is 0 Å². The number of ketones is 1. The molecule has 0 spiro atoms. The van der Waals surface area contributed by atoms with Crippen LogP contribution in [-0.2, 0) is 20.7 Å². The molecule has 0 heterocycles. The van der Waals surface area contributed by atoms with Crippen LogP contribution in [0.2, 0.25) is 5.02 Å². The zero-order chi connectivity index (χ0) is 13.5. The number of benzene rings is 1. The van der Waals surface area contributed by atoms with Crippen molar-refractivity contribution in [1.29, 1.82) is 0 Å². The Morgan fingerprint density at radius 1 is 1.39 bits per heavy atom. The highest BCUT2D eigenvalue weighted by Gasteiger charge is 2.10. The van der Waals surface area contributed by atoms with Crippen LogP contribution in [0.25, 0.3) is 0 Å². The number of rotatable bonds is 5. The van der Waals surface area contributed by atoms with Crippen LogP contribution in [0.1, 0.15) is 12.0 Å². The third-order valence-corrected chi connectivity index (χ3v) is 2.66. The molecule has 1 N–H and O–H groups in total. The molecule has 0 aromatic heterocycles. The van der Waals surface area contributed by atoms with E-state index >= 15 is 0 Å². The van der Waals surface area contributed by atoms with Gasteiger partial charge in [-0.25, -0.2) is 4.79 Å². The number of aliphatic hydroxyl groups excluding tert-OH is 1. The molecule has 0 radical (unpaired) electrons. The summed E-state index contributed by atoms with van der Waals surface area (Å²) in [6.07, 6.45) is 1.47. The lowest BCUT2D eigenvalue weighted by molar-refractivity contribution is -0.139. The summed E-state index contributed by atoms with van der Waals surface area (Å²) in [6, 6.07) is 7.19. The minimum atomic E-state index is -0.930. The second-order valence-electron chi connectivity index (χ2n) is 3.58. The van der Waals surface area contributed by atoms with Crippen molar-refractivity contribution in [3.63, 3.8) is 0 Å². The number of halogens is 1. The lowest BCUT2D eigenvalue weighted by Crippen LogP contribution is -2.07. The van der Waals surface area contributed by atoms with Gasteiger partial charge < -0.3 is 9.84 Å². The molecular formula is C13H13ClO4. The van der Waals surface area contributed by atoms with Crippen LogP contribution in [0.15, 0.2) is 36.1 Å². The molecule has 4 nitrogen and oxygen atoms in total. The Labute approximate surface area is 110 Å². The summed E-state index contributed by atoms with van der Waals surface area (Å²) in [5.41, 5.74) is 0.846. The largest absolute Gasteiger partial charge is 0.502 e. The molecule has 18 heavy (non-hydrogen) atoms. The first kappa shape index (κ1) is 14.3. The maximum atomic E-state index is 11.5. The summed E-state index contributed by atoms with van der Waals surface area (Å²) >= 11 is 5.94. The van der Waals surface area contributed by atoms with Gasteiger partial charge in [0, 0.05) is 17.5 Å². The third kappa shape index (κ3) is 4.22. The highest BCUT2D eigenvalue weighted by molar-refractivity contribution is 6.31. The molecule has 96 valence electrons. The standard InChI is InChI=1S/C13H13ClO4/c1-18-13(17)12(16)8-10(15)7-6-9-4-2-3-5-11(9)14/h2-5,8,16H,6-7H2,1H3/b12-8-. The number of carbonyl (C=O) groups excluding carboxylic acids is 2. The first-order chi connectivity index (χ1) is 8.54. The molecule has 0 fully saturated rings. The smallest absolute Gasteiger partial charge is 0.373 e. The highest BCUT2D eigenvalue weighted by atomic mass is 35.5. The Balaban J connectivity index is 2.57. The summed E-state index contributed by atoms with van der Waals surface area (Å²) in [6.45, 7) is 0. The molecule has 0 atom stereocenters. The lowest BCUT2D eigenvalue weighted by Gasteiger charge is -2.02. The topological polar surface area (TPSA) is 63.6 Å². The summed E-state index contributed by atoms with van der Waals surface area (Å²) in [7, 11) is 1.13. The average Bonchev–Trinajstić information content (AvgIpc) is 2.36. The van der Waals surface area contributed by atoms with E-state index in [1.54, 1.807) is 12.1 Å². The van der Waals surface area contributed by atoms with Crippen molar-refractivity contribution in [2.45, 2.75) is 12.8 Å². The first-order valence-corrected chi connectivity index (χ1v) is 5.67. The zero-order valence-corrected chi connectivity index (χ0v) is 10.6. The van der Waals surface area contributed by atoms with E-state index in [0.717, 1.165) is 18.7 Å². The molecule has 0 unspecified atom stereocenters. The van der Waals surface area contributed by atoms with Crippen LogP contribution < -0.4 is 0 Å². The minimum Gasteiger partial charge on any atom is -0.502 e. The summed E-state index contributed by atoms with van der Waals surface area (Å²) in [5, 5.41) is 9.77. The second-order valence-corrected chi connectivity index (χ2v) is 3.99. The molecule has 0 bridgehead atoms. The Morgan fingerprint density at radius 2 is 2.06 bits per heavy atom. The van der Waals surface area contributed by atoms with Crippen LogP contribution in [0.5, 0.6) is 0 Å². The first-order valence-electron chi connectivity index (χ1n) is 5.30. The fourth-order valence-corrected chi connectivity index (χ4v) is 1.58. The van der Waals surface area contributed by atoms with Gasteiger partial charge in [-0.3, -0.25) is 4.79 Å². The number of allylic oxidation sites excluding steroid dienone is 1. The van der Waals surface area contributed by atoms with Gasteiger partial charge in [0.2, 0.25) is 5.76 Å². The molecule has 5 heteroatoms. The van der Waals surface area contributed by atoms with Crippen molar-refractivity contribution in [3.05, 3.63) is 46.7 Å². The number of aryl methyl sites for hydroxylation is 1. The van der Waals surface area contributed by atoms with Gasteiger partial charge in [-0.15, -0.1) is 0 Å². The van der Waals surface area contributed by atoms with E-state index in [0.29, 0.717) is 11.4 Å². The van der Waals surface area contributed by atoms with E-state index < -0.39 is 11.7 Å². The Hall–Kier alpha value is -1.81.